The summed E-state index contributed by atoms with van der Waals surface area (Å²) in [6, 6.07) is 13.5. The van der Waals surface area contributed by atoms with Crippen LogP contribution >= 0.6 is 12.6 Å². The quantitative estimate of drug-likeness (QED) is 0.268. The van der Waals surface area contributed by atoms with Crippen molar-refractivity contribution in [2.75, 3.05) is 0 Å². The second kappa shape index (κ2) is 13.7. The van der Waals surface area contributed by atoms with Gasteiger partial charge in [0.2, 0.25) is 11.8 Å². The minimum Gasteiger partial charge on any atom is -0.508 e. The second-order valence-corrected chi connectivity index (χ2v) is 9.14. The Labute approximate surface area is 211 Å². The van der Waals surface area contributed by atoms with Crippen LogP contribution in [0, 0.1) is 5.92 Å². The maximum absolute atomic E-state index is 13.1. The van der Waals surface area contributed by atoms with Gasteiger partial charge in [-0.25, -0.2) is 4.79 Å². The van der Waals surface area contributed by atoms with E-state index in [1.165, 1.54) is 12.1 Å². The number of phenols is 1. The number of hydrogen-bond acceptors (Lipinski definition) is 6. The highest BCUT2D eigenvalue weighted by Gasteiger charge is 2.32. The third kappa shape index (κ3) is 8.92. The predicted octanol–water partition coefficient (Wildman–Crippen LogP) is 2.94. The van der Waals surface area contributed by atoms with Crippen molar-refractivity contribution < 1.29 is 29.3 Å². The molecule has 0 aliphatic carbocycles. The summed E-state index contributed by atoms with van der Waals surface area (Å²) in [6.45, 7) is 5.74. The highest BCUT2D eigenvalue weighted by molar-refractivity contribution is 7.81. The zero-order chi connectivity index (χ0) is 26.0. The monoisotopic (exact) mass is 502 g/mol. The predicted molar refractivity (Wildman–Crippen MR) is 136 cm³/mol. The van der Waals surface area contributed by atoms with Crippen LogP contribution in [0.4, 0.5) is 0 Å². The zero-order valence-corrected chi connectivity index (χ0v) is 21.1. The zero-order valence-electron chi connectivity index (χ0n) is 20.2. The number of carboxylic acid groups (broad SMARTS) is 1. The van der Waals surface area contributed by atoms with E-state index >= 15 is 0 Å². The van der Waals surface area contributed by atoms with E-state index in [0.29, 0.717) is 18.6 Å². The summed E-state index contributed by atoms with van der Waals surface area (Å²) in [5, 5.41) is 23.5. The molecule has 0 fully saturated rings. The molecule has 9 heteroatoms. The van der Waals surface area contributed by atoms with Crippen LogP contribution in [0.5, 0.6) is 5.75 Å². The summed E-state index contributed by atoms with van der Waals surface area (Å²) >= 11 is 4.40. The van der Waals surface area contributed by atoms with Crippen molar-refractivity contribution in [1.29, 1.82) is 0 Å². The number of nitrogens with one attached hydrogen (secondary N) is 2. The molecule has 0 aliphatic heterocycles. The molecule has 2 rings (SSSR count). The maximum Gasteiger partial charge on any atom is 0.326 e. The highest BCUT2D eigenvalue weighted by Crippen LogP contribution is 2.15. The number of phenolic OH excluding ortho intramolecular Hbond substituents is 1. The van der Waals surface area contributed by atoms with Crippen molar-refractivity contribution >= 4 is 30.4 Å². The molecule has 0 aromatic heterocycles. The van der Waals surface area contributed by atoms with Crippen LogP contribution in [-0.4, -0.2) is 51.4 Å². The van der Waals surface area contributed by atoms with Crippen LogP contribution in [0.3, 0.4) is 0 Å². The van der Waals surface area contributed by atoms with Gasteiger partial charge in [-0.05, 0) is 36.1 Å². The Morgan fingerprint density at radius 3 is 2.14 bits per heavy atom. The van der Waals surface area contributed by atoms with Gasteiger partial charge in [-0.1, -0.05) is 62.7 Å². The molecule has 4 N–H and O–H groups in total. The molecular weight excluding hydrogens is 468 g/mol. The second-order valence-electron chi connectivity index (χ2n) is 8.59. The first kappa shape index (κ1) is 28.2. The number of aliphatic carboxylic acids is 1. The lowest BCUT2D eigenvalue weighted by atomic mass is 9.97. The van der Waals surface area contributed by atoms with E-state index in [1.807, 2.05) is 44.2 Å². The summed E-state index contributed by atoms with van der Waals surface area (Å²) in [7, 11) is 0. The largest absolute Gasteiger partial charge is 0.508 e. The molecular formula is C26H34N2O6S. The summed E-state index contributed by atoms with van der Waals surface area (Å²) in [4.78, 5) is 37.7. The van der Waals surface area contributed by atoms with Crippen molar-refractivity contribution in [1.82, 2.24) is 10.6 Å². The van der Waals surface area contributed by atoms with E-state index in [-0.39, 0.29) is 18.1 Å². The average Bonchev–Trinajstić information content (AvgIpc) is 2.85. The topological polar surface area (TPSA) is 125 Å². The van der Waals surface area contributed by atoms with Gasteiger partial charge in [-0.3, -0.25) is 9.59 Å². The number of carbonyl (C=O) groups excluding carboxylic acids is 2. The van der Waals surface area contributed by atoms with Gasteiger partial charge < -0.3 is 25.6 Å². The number of benzene rings is 2. The minimum absolute atomic E-state index is 0.0298. The van der Waals surface area contributed by atoms with Gasteiger partial charge in [0, 0.05) is 6.42 Å². The molecule has 35 heavy (non-hydrogen) atoms. The SMILES string of the molecule is CC[C@@H](C)[C@H](NC(=O)[C@@H](S)C(C)OCc1ccccc1)C(=O)N[C@@H](Cc1ccc(O)cc1)C(=O)O. The Hall–Kier alpha value is -3.04. The molecule has 2 amide bonds. The molecule has 0 bridgehead atoms. The summed E-state index contributed by atoms with van der Waals surface area (Å²) < 4.78 is 5.78. The Kier molecular flexibility index (Phi) is 11.1. The molecule has 0 radical (unpaired) electrons. The molecule has 2 aromatic carbocycles. The lowest BCUT2D eigenvalue weighted by Crippen LogP contribution is -2.56. The standard InChI is InChI=1S/C26H34N2O6S/c1-4-16(2)22(24(30)27-21(26(32)33)14-18-10-12-20(29)13-11-18)28-25(31)23(35)17(3)34-15-19-8-6-5-7-9-19/h5-13,16-17,21-23,29,35H,4,14-15H2,1-3H3,(H,27,30)(H,28,31)(H,32,33)/t16-,17?,21+,22+,23+/m1/s1. The summed E-state index contributed by atoms with van der Waals surface area (Å²) in [6.07, 6.45) is 0.0911. The van der Waals surface area contributed by atoms with Gasteiger partial charge in [0.1, 0.15) is 23.1 Å². The molecule has 0 heterocycles. The molecule has 0 spiro atoms. The minimum atomic E-state index is -1.20. The van der Waals surface area contributed by atoms with E-state index in [0.717, 1.165) is 5.56 Å². The Balaban J connectivity index is 2.02. The molecule has 0 saturated carbocycles. The fourth-order valence-electron chi connectivity index (χ4n) is 3.38. The number of aromatic hydroxyl groups is 1. The molecule has 190 valence electrons. The first-order chi connectivity index (χ1) is 16.6. The van der Waals surface area contributed by atoms with Crippen LogP contribution in [-0.2, 0) is 32.1 Å². The number of carboxylic acids is 1. The van der Waals surface area contributed by atoms with Crippen LogP contribution < -0.4 is 10.6 Å². The van der Waals surface area contributed by atoms with Crippen LogP contribution in [0.2, 0.25) is 0 Å². The van der Waals surface area contributed by atoms with Crippen molar-refractivity contribution in [3.8, 4) is 5.75 Å². The molecule has 1 unspecified atom stereocenters. The fraction of sp³-hybridized carbons (Fsp3) is 0.423. The number of carbonyl (C=O) groups is 3. The number of hydrogen-bond donors (Lipinski definition) is 5. The van der Waals surface area contributed by atoms with Gasteiger partial charge in [-0.2, -0.15) is 12.6 Å². The Morgan fingerprint density at radius 1 is 0.943 bits per heavy atom. The van der Waals surface area contributed by atoms with Gasteiger partial charge in [0.15, 0.2) is 0 Å². The van der Waals surface area contributed by atoms with Crippen molar-refractivity contribution in [3.63, 3.8) is 0 Å². The van der Waals surface area contributed by atoms with E-state index in [1.54, 1.807) is 19.1 Å². The Morgan fingerprint density at radius 2 is 1.57 bits per heavy atom. The normalized spacial score (nSPS) is 15.3. The van der Waals surface area contributed by atoms with E-state index < -0.39 is 41.2 Å². The third-order valence-electron chi connectivity index (χ3n) is 5.85. The van der Waals surface area contributed by atoms with Crippen LogP contribution in [0.25, 0.3) is 0 Å². The first-order valence-corrected chi connectivity index (χ1v) is 12.1. The van der Waals surface area contributed by atoms with Gasteiger partial charge in [0.25, 0.3) is 0 Å². The number of amides is 2. The lowest BCUT2D eigenvalue weighted by Gasteiger charge is -2.28. The van der Waals surface area contributed by atoms with Crippen LogP contribution in [0.1, 0.15) is 38.3 Å². The fourth-order valence-corrected chi connectivity index (χ4v) is 3.54. The van der Waals surface area contributed by atoms with Crippen molar-refractivity contribution in [2.24, 2.45) is 5.92 Å². The molecule has 5 atom stereocenters. The Bertz CT molecular complexity index is 970. The van der Waals surface area contributed by atoms with E-state index in [2.05, 4.69) is 23.3 Å². The first-order valence-electron chi connectivity index (χ1n) is 11.6. The van der Waals surface area contributed by atoms with Gasteiger partial charge >= 0.3 is 5.97 Å². The number of rotatable bonds is 13. The molecule has 2 aromatic rings. The number of ether oxygens (including phenoxy) is 1. The molecule has 0 aliphatic rings. The van der Waals surface area contributed by atoms with Crippen molar-refractivity contribution in [3.05, 3.63) is 65.7 Å². The lowest BCUT2D eigenvalue weighted by molar-refractivity contribution is -0.142. The van der Waals surface area contributed by atoms with Crippen LogP contribution in [0.15, 0.2) is 54.6 Å². The summed E-state index contributed by atoms with van der Waals surface area (Å²) in [5.74, 6) is -2.44. The number of thiol groups is 1. The van der Waals surface area contributed by atoms with E-state index in [9.17, 15) is 24.6 Å². The average molecular weight is 503 g/mol. The van der Waals surface area contributed by atoms with Gasteiger partial charge in [0.05, 0.1) is 12.7 Å². The smallest absolute Gasteiger partial charge is 0.326 e. The molecule has 0 saturated heterocycles. The van der Waals surface area contributed by atoms with Crippen molar-refractivity contribution in [2.45, 2.75) is 63.7 Å². The van der Waals surface area contributed by atoms with E-state index in [4.69, 9.17) is 4.74 Å². The molecule has 8 nitrogen and oxygen atoms in total. The van der Waals surface area contributed by atoms with Gasteiger partial charge in [-0.15, -0.1) is 0 Å². The summed E-state index contributed by atoms with van der Waals surface area (Å²) in [5.41, 5.74) is 1.60. The highest BCUT2D eigenvalue weighted by atomic mass is 32.1. The maximum atomic E-state index is 13.1. The third-order valence-corrected chi connectivity index (χ3v) is 6.51.